The molecular formula is C27H22N4O6. The molecular weight excluding hydrogens is 476 g/mol. The lowest BCUT2D eigenvalue weighted by Gasteiger charge is -2.09. The van der Waals surface area contributed by atoms with E-state index in [0.717, 1.165) is 11.8 Å². The highest BCUT2D eigenvalue weighted by atomic mass is 16.7. The van der Waals surface area contributed by atoms with Gasteiger partial charge >= 0.3 is 0 Å². The van der Waals surface area contributed by atoms with Gasteiger partial charge in [0.15, 0.2) is 11.5 Å². The van der Waals surface area contributed by atoms with Crippen LogP contribution < -0.4 is 20.2 Å². The highest BCUT2D eigenvalue weighted by molar-refractivity contribution is 6.03. The summed E-state index contributed by atoms with van der Waals surface area (Å²) in [6, 6.07) is 20.5. The van der Waals surface area contributed by atoms with Crippen LogP contribution in [-0.4, -0.2) is 29.7 Å². The van der Waals surface area contributed by atoms with Gasteiger partial charge < -0.3 is 14.8 Å². The number of ether oxygens (including phenoxy) is 2. The van der Waals surface area contributed by atoms with Crippen molar-refractivity contribution in [2.75, 3.05) is 6.79 Å². The first-order chi connectivity index (χ1) is 17.9. The fourth-order valence-corrected chi connectivity index (χ4v) is 3.45. The van der Waals surface area contributed by atoms with Gasteiger partial charge in [-0.1, -0.05) is 54.6 Å². The predicted molar refractivity (Wildman–Crippen MR) is 137 cm³/mol. The molecule has 10 nitrogen and oxygen atoms in total. The highest BCUT2D eigenvalue weighted by Crippen LogP contribution is 2.37. The Morgan fingerprint density at radius 1 is 1.00 bits per heavy atom. The molecule has 2 N–H and O–H groups in total. The molecule has 0 bridgehead atoms. The minimum absolute atomic E-state index is 0.0467. The molecule has 0 radical (unpaired) electrons. The molecule has 0 unspecified atom stereocenters. The minimum atomic E-state index is -0.718. The van der Waals surface area contributed by atoms with Crippen molar-refractivity contribution in [3.8, 4) is 11.5 Å². The van der Waals surface area contributed by atoms with Crippen molar-refractivity contribution in [2.45, 2.75) is 6.92 Å². The third-order valence-corrected chi connectivity index (χ3v) is 5.18. The maximum absolute atomic E-state index is 13.0. The smallest absolute Gasteiger partial charge is 0.287 e. The average molecular weight is 498 g/mol. The SMILES string of the molecule is CC(=Cc1ccccc1)/C=C(/NC(=O)c1ccccc1)C(=O)N/N=C\c1cc2c(cc1[N+](=O)[O-])OCO2. The molecule has 1 aliphatic rings. The summed E-state index contributed by atoms with van der Waals surface area (Å²) in [5.74, 6) is -0.618. The summed E-state index contributed by atoms with van der Waals surface area (Å²) < 4.78 is 10.4. The van der Waals surface area contributed by atoms with Crippen LogP contribution in [0.15, 0.2) is 95.2 Å². The van der Waals surface area contributed by atoms with Crippen molar-refractivity contribution < 1.29 is 24.0 Å². The molecule has 0 aliphatic carbocycles. The molecule has 37 heavy (non-hydrogen) atoms. The molecule has 3 aromatic carbocycles. The van der Waals surface area contributed by atoms with Crippen molar-refractivity contribution in [1.29, 1.82) is 0 Å². The van der Waals surface area contributed by atoms with Gasteiger partial charge in [0.05, 0.1) is 22.8 Å². The zero-order chi connectivity index (χ0) is 26.2. The number of hydrogen-bond acceptors (Lipinski definition) is 7. The van der Waals surface area contributed by atoms with Crippen LogP contribution in [0.3, 0.4) is 0 Å². The molecule has 0 aromatic heterocycles. The Bertz CT molecular complexity index is 1420. The van der Waals surface area contributed by atoms with Gasteiger partial charge in [0.2, 0.25) is 6.79 Å². The topological polar surface area (TPSA) is 132 Å². The van der Waals surface area contributed by atoms with Crippen molar-refractivity contribution in [2.24, 2.45) is 5.10 Å². The van der Waals surface area contributed by atoms with E-state index < -0.39 is 16.7 Å². The van der Waals surface area contributed by atoms with Gasteiger partial charge in [0.1, 0.15) is 5.70 Å². The second kappa shape index (κ2) is 11.5. The van der Waals surface area contributed by atoms with Gasteiger partial charge in [-0.05, 0) is 42.3 Å². The third-order valence-electron chi connectivity index (χ3n) is 5.18. The standard InChI is InChI=1S/C27H22N4O6/c1-18(12-19-8-4-2-5-9-19)13-22(29-26(32)20-10-6-3-7-11-20)27(33)30-28-16-21-14-24-25(37-17-36-24)15-23(21)31(34)35/h2-16H,17H2,1H3,(H,29,32)(H,30,33)/b18-12?,22-13+,28-16-. The summed E-state index contributed by atoms with van der Waals surface area (Å²) >= 11 is 0. The van der Waals surface area contributed by atoms with Crippen LogP contribution in [0.1, 0.15) is 28.4 Å². The fraction of sp³-hybridized carbons (Fsp3) is 0.0741. The number of carbonyl (C=O) groups is 2. The van der Waals surface area contributed by atoms with E-state index in [1.165, 1.54) is 18.2 Å². The molecule has 10 heteroatoms. The molecule has 0 spiro atoms. The van der Waals surface area contributed by atoms with E-state index in [1.54, 1.807) is 37.3 Å². The first-order valence-corrected chi connectivity index (χ1v) is 11.1. The summed E-state index contributed by atoms with van der Waals surface area (Å²) in [5.41, 5.74) is 4.07. The van der Waals surface area contributed by atoms with E-state index >= 15 is 0 Å². The zero-order valence-corrected chi connectivity index (χ0v) is 19.7. The van der Waals surface area contributed by atoms with Crippen LogP contribution in [0.25, 0.3) is 6.08 Å². The molecule has 0 fully saturated rings. The average Bonchev–Trinajstić information content (AvgIpc) is 3.36. The van der Waals surface area contributed by atoms with Crippen molar-refractivity contribution >= 4 is 29.8 Å². The number of nitrogens with zero attached hydrogens (tertiary/aromatic N) is 2. The van der Waals surface area contributed by atoms with Crippen molar-refractivity contribution in [3.63, 3.8) is 0 Å². The van der Waals surface area contributed by atoms with E-state index in [9.17, 15) is 19.7 Å². The van der Waals surface area contributed by atoms with E-state index in [0.29, 0.717) is 16.9 Å². The Kier molecular flexibility index (Phi) is 7.69. The molecule has 3 aromatic rings. The predicted octanol–water partition coefficient (Wildman–Crippen LogP) is 4.19. The third kappa shape index (κ3) is 6.45. The van der Waals surface area contributed by atoms with Crippen LogP contribution >= 0.6 is 0 Å². The minimum Gasteiger partial charge on any atom is -0.454 e. The van der Waals surface area contributed by atoms with E-state index in [-0.39, 0.29) is 29.5 Å². The normalized spacial score (nSPS) is 12.9. The van der Waals surface area contributed by atoms with Crippen molar-refractivity contribution in [1.82, 2.24) is 10.7 Å². The number of benzene rings is 3. The highest BCUT2D eigenvalue weighted by Gasteiger charge is 2.22. The van der Waals surface area contributed by atoms with Crippen molar-refractivity contribution in [3.05, 3.63) is 117 Å². The summed E-state index contributed by atoms with van der Waals surface area (Å²) in [6.45, 7) is 1.74. The summed E-state index contributed by atoms with van der Waals surface area (Å²) in [7, 11) is 0. The monoisotopic (exact) mass is 498 g/mol. The number of hydrazone groups is 1. The maximum Gasteiger partial charge on any atom is 0.287 e. The second-order valence-electron chi connectivity index (χ2n) is 7.90. The Balaban J connectivity index is 1.57. The first-order valence-electron chi connectivity index (χ1n) is 11.1. The fourth-order valence-electron chi connectivity index (χ4n) is 3.45. The van der Waals surface area contributed by atoms with Crippen LogP contribution in [0.5, 0.6) is 11.5 Å². The molecule has 0 saturated carbocycles. The van der Waals surface area contributed by atoms with Crippen LogP contribution in [0, 0.1) is 10.1 Å². The van der Waals surface area contributed by atoms with Crippen LogP contribution in [0.2, 0.25) is 0 Å². The molecule has 1 aliphatic heterocycles. The molecule has 1 heterocycles. The van der Waals surface area contributed by atoms with E-state index in [1.807, 2.05) is 36.4 Å². The number of hydrogen-bond donors (Lipinski definition) is 2. The molecule has 0 saturated heterocycles. The Morgan fingerprint density at radius 3 is 2.32 bits per heavy atom. The Morgan fingerprint density at radius 2 is 1.65 bits per heavy atom. The summed E-state index contributed by atoms with van der Waals surface area (Å²) in [4.78, 5) is 36.6. The number of nitro groups is 1. The molecule has 4 rings (SSSR count). The number of carbonyl (C=O) groups excluding carboxylic acids is 2. The quantitative estimate of drug-likeness (QED) is 0.157. The van der Waals surface area contributed by atoms with Gasteiger partial charge in [-0.2, -0.15) is 5.10 Å². The Hall–Kier alpha value is -5.25. The summed E-state index contributed by atoms with van der Waals surface area (Å²) in [5, 5.41) is 17.9. The molecule has 186 valence electrons. The van der Waals surface area contributed by atoms with Gasteiger partial charge in [-0.3, -0.25) is 19.7 Å². The van der Waals surface area contributed by atoms with E-state index in [2.05, 4.69) is 15.8 Å². The molecule has 0 atom stereocenters. The van der Waals surface area contributed by atoms with Crippen LogP contribution in [0.4, 0.5) is 5.69 Å². The number of nitrogens with one attached hydrogen (secondary N) is 2. The summed E-state index contributed by atoms with van der Waals surface area (Å²) in [6.07, 6.45) is 4.49. The largest absolute Gasteiger partial charge is 0.454 e. The lowest BCUT2D eigenvalue weighted by atomic mass is 10.1. The van der Waals surface area contributed by atoms with Gasteiger partial charge in [-0.25, -0.2) is 5.43 Å². The van der Waals surface area contributed by atoms with Crippen LogP contribution in [-0.2, 0) is 4.79 Å². The van der Waals surface area contributed by atoms with Gasteiger partial charge in [0, 0.05) is 5.56 Å². The lowest BCUT2D eigenvalue weighted by molar-refractivity contribution is -0.385. The number of allylic oxidation sites excluding steroid dienone is 2. The van der Waals surface area contributed by atoms with Gasteiger partial charge in [-0.15, -0.1) is 0 Å². The molecule has 2 amide bonds. The first kappa shape index (κ1) is 24.9. The second-order valence-corrected chi connectivity index (χ2v) is 7.90. The number of rotatable bonds is 8. The maximum atomic E-state index is 13.0. The number of fused-ring (bicyclic) bond motifs is 1. The number of amides is 2. The Labute approximate surface area is 212 Å². The number of nitro benzene ring substituents is 1. The van der Waals surface area contributed by atoms with E-state index in [4.69, 9.17) is 9.47 Å². The lowest BCUT2D eigenvalue weighted by Crippen LogP contribution is -2.33. The van der Waals surface area contributed by atoms with Gasteiger partial charge in [0.25, 0.3) is 17.5 Å². The zero-order valence-electron chi connectivity index (χ0n) is 19.7.